The minimum Gasteiger partial charge on any atom is -0.310 e. The molecule has 0 atom stereocenters. The first kappa shape index (κ1) is 12.6. The molecular formula is C13H11N5O. The number of nitrogens with zero attached hydrogens (tertiary/aromatic N) is 4. The molecule has 0 aliphatic carbocycles. The number of nitriles is 2. The van der Waals surface area contributed by atoms with Crippen LogP contribution >= 0.6 is 0 Å². The molecule has 6 nitrogen and oxygen atoms in total. The summed E-state index contributed by atoms with van der Waals surface area (Å²) in [6.07, 6.45) is 1.37. The standard InChI is InChI=1S/C13H11N5O/c14-8-10(9-15)16-17-11-4-1-2-5-12(11)18-7-3-6-13(18)19/h1-2,4-5,17H,3,6-7H2. The van der Waals surface area contributed by atoms with E-state index < -0.39 is 0 Å². The predicted octanol–water partition coefficient (Wildman–Crippen LogP) is 1.63. The zero-order valence-electron chi connectivity index (χ0n) is 10.1. The molecule has 1 aliphatic heterocycles. The smallest absolute Gasteiger partial charge is 0.237 e. The van der Waals surface area contributed by atoms with Crippen LogP contribution < -0.4 is 10.3 Å². The molecule has 0 unspecified atom stereocenters. The highest BCUT2D eigenvalue weighted by atomic mass is 16.2. The van der Waals surface area contributed by atoms with Gasteiger partial charge in [0.25, 0.3) is 0 Å². The van der Waals surface area contributed by atoms with Gasteiger partial charge in [-0.3, -0.25) is 10.2 Å². The molecule has 1 amide bonds. The second kappa shape index (κ2) is 5.65. The van der Waals surface area contributed by atoms with Crippen LogP contribution in [0.3, 0.4) is 0 Å². The maximum Gasteiger partial charge on any atom is 0.237 e. The summed E-state index contributed by atoms with van der Waals surface area (Å²) in [6.45, 7) is 0.671. The van der Waals surface area contributed by atoms with Crippen LogP contribution in [-0.4, -0.2) is 18.2 Å². The summed E-state index contributed by atoms with van der Waals surface area (Å²) in [7, 11) is 0. The molecular weight excluding hydrogens is 242 g/mol. The Kier molecular flexibility index (Phi) is 3.75. The molecule has 0 saturated carbocycles. The molecule has 1 aliphatic rings. The van der Waals surface area contributed by atoms with Crippen molar-refractivity contribution in [1.29, 1.82) is 10.5 Å². The van der Waals surface area contributed by atoms with Crippen LogP contribution in [0.2, 0.25) is 0 Å². The predicted molar refractivity (Wildman–Crippen MR) is 70.3 cm³/mol. The minimum absolute atomic E-state index is 0.0685. The number of hydrazone groups is 1. The largest absolute Gasteiger partial charge is 0.310 e. The fourth-order valence-electron chi connectivity index (χ4n) is 1.90. The summed E-state index contributed by atoms with van der Waals surface area (Å²) in [4.78, 5) is 13.4. The molecule has 19 heavy (non-hydrogen) atoms. The molecule has 0 aromatic heterocycles. The molecule has 1 heterocycles. The van der Waals surface area contributed by atoms with E-state index in [0.717, 1.165) is 6.42 Å². The maximum absolute atomic E-state index is 11.7. The maximum atomic E-state index is 11.7. The van der Waals surface area contributed by atoms with E-state index in [4.69, 9.17) is 10.5 Å². The van der Waals surface area contributed by atoms with Gasteiger partial charge in [0.2, 0.25) is 11.6 Å². The van der Waals surface area contributed by atoms with E-state index in [1.807, 2.05) is 6.07 Å². The summed E-state index contributed by atoms with van der Waals surface area (Å²) in [5.41, 5.74) is 3.71. The lowest BCUT2D eigenvalue weighted by molar-refractivity contribution is -0.117. The molecule has 94 valence electrons. The van der Waals surface area contributed by atoms with E-state index in [2.05, 4.69) is 10.5 Å². The summed E-state index contributed by atoms with van der Waals surface area (Å²) in [5, 5.41) is 20.9. The number of para-hydroxylation sites is 2. The third-order valence-corrected chi connectivity index (χ3v) is 2.77. The van der Waals surface area contributed by atoms with E-state index in [0.29, 0.717) is 24.3 Å². The Balaban J connectivity index is 2.27. The molecule has 1 fully saturated rings. The van der Waals surface area contributed by atoms with Gasteiger partial charge in [-0.2, -0.15) is 15.6 Å². The summed E-state index contributed by atoms with van der Waals surface area (Å²) in [6, 6.07) is 10.5. The summed E-state index contributed by atoms with van der Waals surface area (Å²) in [5.74, 6) is 0.0685. The van der Waals surface area contributed by atoms with Crippen molar-refractivity contribution in [1.82, 2.24) is 0 Å². The number of hydrogen-bond donors (Lipinski definition) is 1. The highest BCUT2D eigenvalue weighted by Crippen LogP contribution is 2.29. The fourth-order valence-corrected chi connectivity index (χ4v) is 1.90. The topological polar surface area (TPSA) is 92.3 Å². The van der Waals surface area contributed by atoms with Crippen molar-refractivity contribution in [3.8, 4) is 12.1 Å². The van der Waals surface area contributed by atoms with Crippen molar-refractivity contribution in [2.75, 3.05) is 16.9 Å². The highest BCUT2D eigenvalue weighted by molar-refractivity contribution is 6.10. The van der Waals surface area contributed by atoms with Crippen LogP contribution in [0.5, 0.6) is 0 Å². The second-order valence-corrected chi connectivity index (χ2v) is 3.96. The molecule has 2 rings (SSSR count). The average molecular weight is 253 g/mol. The van der Waals surface area contributed by atoms with Gasteiger partial charge in [-0.05, 0) is 18.6 Å². The van der Waals surface area contributed by atoms with Crippen molar-refractivity contribution in [3.63, 3.8) is 0 Å². The highest BCUT2D eigenvalue weighted by Gasteiger charge is 2.23. The number of benzene rings is 1. The van der Waals surface area contributed by atoms with Crippen LogP contribution in [-0.2, 0) is 4.79 Å². The Hall–Kier alpha value is -2.86. The SMILES string of the molecule is N#CC(C#N)=NNc1ccccc1N1CCCC1=O. The van der Waals surface area contributed by atoms with Crippen molar-refractivity contribution < 1.29 is 4.79 Å². The van der Waals surface area contributed by atoms with Gasteiger partial charge in [-0.25, -0.2) is 0 Å². The van der Waals surface area contributed by atoms with Gasteiger partial charge in [-0.1, -0.05) is 12.1 Å². The Morgan fingerprint density at radius 3 is 2.68 bits per heavy atom. The van der Waals surface area contributed by atoms with Gasteiger partial charge in [0, 0.05) is 13.0 Å². The lowest BCUT2D eigenvalue weighted by Crippen LogP contribution is -2.24. The van der Waals surface area contributed by atoms with E-state index in [1.54, 1.807) is 35.2 Å². The van der Waals surface area contributed by atoms with Crippen molar-refractivity contribution in [2.45, 2.75) is 12.8 Å². The Bertz CT molecular complexity index is 592. The molecule has 0 bridgehead atoms. The molecule has 1 saturated heterocycles. The van der Waals surface area contributed by atoms with Gasteiger partial charge < -0.3 is 4.90 Å². The van der Waals surface area contributed by atoms with Crippen LogP contribution in [0.25, 0.3) is 0 Å². The van der Waals surface area contributed by atoms with Crippen molar-refractivity contribution in [2.24, 2.45) is 5.10 Å². The number of anilines is 2. The minimum atomic E-state index is -0.262. The average Bonchev–Trinajstić information content (AvgIpc) is 2.86. The van der Waals surface area contributed by atoms with Gasteiger partial charge in [-0.15, -0.1) is 0 Å². The lowest BCUT2D eigenvalue weighted by Gasteiger charge is -2.18. The lowest BCUT2D eigenvalue weighted by atomic mass is 10.2. The summed E-state index contributed by atoms with van der Waals surface area (Å²) < 4.78 is 0. The van der Waals surface area contributed by atoms with Crippen LogP contribution in [0, 0.1) is 22.7 Å². The zero-order chi connectivity index (χ0) is 13.7. The Morgan fingerprint density at radius 2 is 2.05 bits per heavy atom. The van der Waals surface area contributed by atoms with Gasteiger partial charge in [0.05, 0.1) is 11.4 Å². The van der Waals surface area contributed by atoms with E-state index in [9.17, 15) is 4.79 Å². The van der Waals surface area contributed by atoms with Crippen molar-refractivity contribution in [3.05, 3.63) is 24.3 Å². The number of rotatable bonds is 3. The first-order valence-corrected chi connectivity index (χ1v) is 5.79. The third-order valence-electron chi connectivity index (χ3n) is 2.77. The number of carbonyl (C=O) groups excluding carboxylic acids is 1. The van der Waals surface area contributed by atoms with Crippen LogP contribution in [0.1, 0.15) is 12.8 Å². The van der Waals surface area contributed by atoms with Crippen LogP contribution in [0.15, 0.2) is 29.4 Å². The number of carbonyl (C=O) groups is 1. The Labute approximate surface area is 110 Å². The monoisotopic (exact) mass is 253 g/mol. The molecule has 0 radical (unpaired) electrons. The van der Waals surface area contributed by atoms with Gasteiger partial charge >= 0.3 is 0 Å². The molecule has 1 aromatic carbocycles. The Morgan fingerprint density at radius 1 is 1.32 bits per heavy atom. The van der Waals surface area contributed by atoms with Gasteiger partial charge in [0.1, 0.15) is 12.1 Å². The first-order chi connectivity index (χ1) is 9.26. The van der Waals surface area contributed by atoms with E-state index in [1.165, 1.54) is 0 Å². The zero-order valence-corrected chi connectivity index (χ0v) is 10.1. The van der Waals surface area contributed by atoms with E-state index in [-0.39, 0.29) is 11.6 Å². The fraction of sp³-hybridized carbons (Fsp3) is 0.231. The number of hydrogen-bond acceptors (Lipinski definition) is 5. The quantitative estimate of drug-likeness (QED) is 0.654. The molecule has 0 spiro atoms. The molecule has 1 aromatic rings. The third kappa shape index (κ3) is 2.70. The normalized spacial score (nSPS) is 13.6. The second-order valence-electron chi connectivity index (χ2n) is 3.96. The summed E-state index contributed by atoms with van der Waals surface area (Å²) >= 11 is 0. The van der Waals surface area contributed by atoms with Gasteiger partial charge in [0.15, 0.2) is 0 Å². The van der Waals surface area contributed by atoms with Crippen LogP contribution in [0.4, 0.5) is 11.4 Å². The molecule has 6 heteroatoms. The first-order valence-electron chi connectivity index (χ1n) is 5.79. The number of nitrogens with one attached hydrogen (secondary N) is 1. The van der Waals surface area contributed by atoms with E-state index >= 15 is 0 Å². The van der Waals surface area contributed by atoms with Crippen molar-refractivity contribution >= 4 is 23.0 Å². The molecule has 1 N–H and O–H groups in total. The number of amides is 1.